The van der Waals surface area contributed by atoms with Gasteiger partial charge in [-0.05, 0) is 6.42 Å². The Morgan fingerprint density at radius 2 is 1.53 bits per heavy atom. The SMILES string of the molecule is O=C(O)[C](C(=O)O)C(O)CCS(=O)(=O)O. The third kappa shape index (κ3) is 5.30. The van der Waals surface area contributed by atoms with Crippen molar-refractivity contribution in [3.05, 3.63) is 5.92 Å². The predicted octanol–water partition coefficient (Wildman–Crippen LogP) is -1.63. The minimum atomic E-state index is -4.36. The van der Waals surface area contributed by atoms with Crippen molar-refractivity contribution in [1.29, 1.82) is 0 Å². The summed E-state index contributed by atoms with van der Waals surface area (Å²) in [7, 11) is -4.36. The van der Waals surface area contributed by atoms with Gasteiger partial charge in [0, 0.05) is 0 Å². The van der Waals surface area contributed by atoms with Gasteiger partial charge in [0.2, 0.25) is 5.92 Å². The lowest BCUT2D eigenvalue weighted by molar-refractivity contribution is -0.146. The summed E-state index contributed by atoms with van der Waals surface area (Å²) >= 11 is 0. The first-order chi connectivity index (χ1) is 6.65. The lowest BCUT2D eigenvalue weighted by Crippen LogP contribution is -2.34. The van der Waals surface area contributed by atoms with Crippen molar-refractivity contribution in [3.63, 3.8) is 0 Å². The topological polar surface area (TPSA) is 149 Å². The Balaban J connectivity index is 4.47. The van der Waals surface area contributed by atoms with Gasteiger partial charge in [-0.3, -0.25) is 14.1 Å². The number of aliphatic hydroxyl groups is 1. The molecule has 1 radical (unpaired) electrons. The smallest absolute Gasteiger partial charge is 0.325 e. The van der Waals surface area contributed by atoms with Crippen LogP contribution < -0.4 is 0 Å². The fourth-order valence-electron chi connectivity index (χ4n) is 0.781. The summed E-state index contributed by atoms with van der Waals surface area (Å²) in [6, 6.07) is 0. The van der Waals surface area contributed by atoms with E-state index in [4.69, 9.17) is 19.9 Å². The summed E-state index contributed by atoms with van der Waals surface area (Å²) < 4.78 is 28.8. The maximum absolute atomic E-state index is 10.3. The van der Waals surface area contributed by atoms with Crippen molar-refractivity contribution >= 4 is 22.1 Å². The fourth-order valence-corrected chi connectivity index (χ4v) is 1.30. The van der Waals surface area contributed by atoms with Crippen LogP contribution in [0.25, 0.3) is 0 Å². The predicted molar refractivity (Wildman–Crippen MR) is 45.6 cm³/mol. The number of carbonyl (C=O) groups is 2. The number of carboxylic acids is 2. The van der Waals surface area contributed by atoms with E-state index in [1.165, 1.54) is 0 Å². The largest absolute Gasteiger partial charge is 0.480 e. The zero-order valence-electron chi connectivity index (χ0n) is 7.32. The highest BCUT2D eigenvalue weighted by atomic mass is 32.2. The lowest BCUT2D eigenvalue weighted by Gasteiger charge is -2.12. The fraction of sp³-hybridized carbons (Fsp3) is 0.500. The molecule has 0 spiro atoms. The average Bonchev–Trinajstić information content (AvgIpc) is 1.97. The quantitative estimate of drug-likeness (QED) is 0.319. The first-order valence-electron chi connectivity index (χ1n) is 3.62. The van der Waals surface area contributed by atoms with Gasteiger partial charge in [-0.1, -0.05) is 0 Å². The van der Waals surface area contributed by atoms with E-state index in [-0.39, 0.29) is 0 Å². The van der Waals surface area contributed by atoms with Gasteiger partial charge in [0.05, 0.1) is 11.9 Å². The molecule has 1 unspecified atom stereocenters. The van der Waals surface area contributed by atoms with Gasteiger partial charge in [0.15, 0.2) is 0 Å². The third-order valence-electron chi connectivity index (χ3n) is 1.44. The molecule has 0 saturated heterocycles. The summed E-state index contributed by atoms with van der Waals surface area (Å²) in [5.74, 6) is -5.87. The molecule has 0 aliphatic heterocycles. The van der Waals surface area contributed by atoms with Gasteiger partial charge in [-0.2, -0.15) is 8.42 Å². The highest BCUT2D eigenvalue weighted by Crippen LogP contribution is 2.11. The van der Waals surface area contributed by atoms with Crippen LogP contribution in [-0.2, 0) is 19.7 Å². The molecule has 1 atom stereocenters. The zero-order chi connectivity index (χ0) is 12.2. The summed E-state index contributed by atoms with van der Waals surface area (Å²) in [5.41, 5.74) is 0. The van der Waals surface area contributed by atoms with Crippen LogP contribution in [-0.4, -0.2) is 52.1 Å². The van der Waals surface area contributed by atoms with Crippen molar-refractivity contribution in [2.24, 2.45) is 0 Å². The standard InChI is InChI=1S/C6H9O8S/c7-3(1-2-15(12,13)14)4(5(8)9)6(10)11/h3,7H,1-2H2,(H,8,9)(H,10,11)(H,12,13,14). The van der Waals surface area contributed by atoms with E-state index in [9.17, 15) is 18.0 Å². The first-order valence-corrected chi connectivity index (χ1v) is 5.22. The van der Waals surface area contributed by atoms with Gasteiger partial charge in [0.25, 0.3) is 10.1 Å². The molecule has 0 aliphatic rings. The van der Waals surface area contributed by atoms with Gasteiger partial charge in [-0.25, -0.2) is 0 Å². The van der Waals surface area contributed by atoms with E-state index < -0.39 is 46.3 Å². The van der Waals surface area contributed by atoms with Crippen molar-refractivity contribution in [2.75, 3.05) is 5.75 Å². The Bertz CT molecular complexity index is 330. The number of aliphatic carboxylic acids is 2. The minimum absolute atomic E-state index is 0.702. The molecule has 0 saturated carbocycles. The molecule has 87 valence electrons. The summed E-state index contributed by atoms with van der Waals surface area (Å²) in [6.07, 6.45) is -2.66. The van der Waals surface area contributed by atoms with Gasteiger partial charge in [-0.15, -0.1) is 0 Å². The van der Waals surface area contributed by atoms with Crippen molar-refractivity contribution in [3.8, 4) is 0 Å². The maximum atomic E-state index is 10.3. The van der Waals surface area contributed by atoms with Crippen LogP contribution in [0.4, 0.5) is 0 Å². The number of rotatable bonds is 6. The van der Waals surface area contributed by atoms with Gasteiger partial charge >= 0.3 is 11.9 Å². The van der Waals surface area contributed by atoms with Crippen LogP contribution >= 0.6 is 0 Å². The van der Waals surface area contributed by atoms with E-state index in [2.05, 4.69) is 0 Å². The van der Waals surface area contributed by atoms with E-state index in [1.807, 2.05) is 0 Å². The van der Waals surface area contributed by atoms with Gasteiger partial charge < -0.3 is 15.3 Å². The monoisotopic (exact) mass is 241 g/mol. The Labute approximate surface area is 84.9 Å². The van der Waals surface area contributed by atoms with E-state index >= 15 is 0 Å². The summed E-state index contributed by atoms with van der Waals surface area (Å²) in [6.45, 7) is 0. The molecule has 8 nitrogen and oxygen atoms in total. The highest BCUT2D eigenvalue weighted by Gasteiger charge is 2.35. The molecule has 0 rings (SSSR count). The highest BCUT2D eigenvalue weighted by molar-refractivity contribution is 7.85. The second-order valence-corrected chi connectivity index (χ2v) is 4.19. The molecule has 0 aromatic carbocycles. The molecule has 0 aromatic rings. The number of carboxylic acid groups (broad SMARTS) is 2. The van der Waals surface area contributed by atoms with E-state index in [1.54, 1.807) is 0 Å². The molecule has 15 heavy (non-hydrogen) atoms. The number of hydrogen-bond acceptors (Lipinski definition) is 5. The van der Waals surface area contributed by atoms with Crippen LogP contribution in [0.3, 0.4) is 0 Å². The molecule has 9 heteroatoms. The molecule has 0 heterocycles. The van der Waals surface area contributed by atoms with Gasteiger partial charge in [0.1, 0.15) is 0 Å². The Morgan fingerprint density at radius 3 is 1.80 bits per heavy atom. The molecule has 0 amide bonds. The molecule has 4 N–H and O–H groups in total. The van der Waals surface area contributed by atoms with Crippen LogP contribution in [0, 0.1) is 5.92 Å². The molecular weight excluding hydrogens is 232 g/mol. The van der Waals surface area contributed by atoms with Crippen LogP contribution in [0.5, 0.6) is 0 Å². The summed E-state index contributed by atoms with van der Waals surface area (Å²) in [4.78, 5) is 20.6. The molecule has 0 bridgehead atoms. The second kappa shape index (κ2) is 5.05. The summed E-state index contributed by atoms with van der Waals surface area (Å²) in [5, 5.41) is 25.7. The van der Waals surface area contributed by atoms with E-state index in [0.717, 1.165) is 0 Å². The molecule has 0 fully saturated rings. The number of hydrogen-bond donors (Lipinski definition) is 4. The van der Waals surface area contributed by atoms with Crippen LogP contribution in [0.2, 0.25) is 0 Å². The van der Waals surface area contributed by atoms with Crippen molar-refractivity contribution < 1.29 is 37.9 Å². The van der Waals surface area contributed by atoms with Crippen LogP contribution in [0.1, 0.15) is 6.42 Å². The normalized spacial score (nSPS) is 13.8. The minimum Gasteiger partial charge on any atom is -0.480 e. The van der Waals surface area contributed by atoms with Crippen molar-refractivity contribution in [2.45, 2.75) is 12.5 Å². The average molecular weight is 241 g/mol. The molecule has 0 aliphatic carbocycles. The number of aliphatic hydroxyl groups excluding tert-OH is 1. The Hall–Kier alpha value is -1.19. The Kier molecular flexibility index (Phi) is 4.65. The maximum Gasteiger partial charge on any atom is 0.325 e. The zero-order valence-corrected chi connectivity index (χ0v) is 8.14. The second-order valence-electron chi connectivity index (χ2n) is 2.61. The molecule has 0 aromatic heterocycles. The molecular formula is C6H9O8S. The van der Waals surface area contributed by atoms with Crippen LogP contribution in [0.15, 0.2) is 0 Å². The van der Waals surface area contributed by atoms with E-state index in [0.29, 0.717) is 0 Å². The van der Waals surface area contributed by atoms with Crippen molar-refractivity contribution in [1.82, 2.24) is 0 Å². The first kappa shape index (κ1) is 13.8. The third-order valence-corrected chi connectivity index (χ3v) is 2.19. The Morgan fingerprint density at radius 1 is 1.13 bits per heavy atom. The lowest BCUT2D eigenvalue weighted by atomic mass is 10.0.